The van der Waals surface area contributed by atoms with Gasteiger partial charge in [0.1, 0.15) is 0 Å². The van der Waals surface area contributed by atoms with E-state index in [-0.39, 0.29) is 19.1 Å². The van der Waals surface area contributed by atoms with Gasteiger partial charge in [-0.05, 0) is 27.6 Å². The van der Waals surface area contributed by atoms with Gasteiger partial charge in [-0.1, -0.05) is 30.3 Å². The smallest absolute Gasteiger partial charge is 0.417 e. The van der Waals surface area contributed by atoms with Crippen LogP contribution in [0.3, 0.4) is 0 Å². The number of hydrogen-bond acceptors (Lipinski definition) is 5. The molecule has 0 saturated carbocycles. The zero-order valence-electron chi connectivity index (χ0n) is 13.0. The van der Waals surface area contributed by atoms with Gasteiger partial charge < -0.3 is 10.1 Å². The summed E-state index contributed by atoms with van der Waals surface area (Å²) in [6.07, 6.45) is 2.31. The van der Waals surface area contributed by atoms with Gasteiger partial charge in [0.15, 0.2) is 6.61 Å². The summed E-state index contributed by atoms with van der Waals surface area (Å²) in [4.78, 5) is 41.0. The Morgan fingerprint density at radius 2 is 2.04 bits per heavy atom. The molecule has 1 aromatic heterocycles. The monoisotopic (exact) mass is 403 g/mol. The molecular formula is C17H14BrN3O4. The molecule has 0 bridgehead atoms. The van der Waals surface area contributed by atoms with E-state index >= 15 is 0 Å². The van der Waals surface area contributed by atoms with E-state index in [0.717, 1.165) is 10.5 Å². The molecule has 2 aromatic rings. The van der Waals surface area contributed by atoms with E-state index < -0.39 is 18.0 Å². The van der Waals surface area contributed by atoms with Crippen molar-refractivity contribution < 1.29 is 19.1 Å². The molecule has 1 N–H and O–H groups in total. The Kier molecular flexibility index (Phi) is 5.08. The molecule has 1 unspecified atom stereocenters. The van der Waals surface area contributed by atoms with Crippen molar-refractivity contribution in [2.24, 2.45) is 0 Å². The van der Waals surface area contributed by atoms with Gasteiger partial charge in [-0.2, -0.15) is 0 Å². The van der Waals surface area contributed by atoms with E-state index in [1.807, 2.05) is 30.3 Å². The van der Waals surface area contributed by atoms with Crippen molar-refractivity contribution in [3.05, 3.63) is 64.4 Å². The van der Waals surface area contributed by atoms with Gasteiger partial charge in [-0.15, -0.1) is 0 Å². The summed E-state index contributed by atoms with van der Waals surface area (Å²) in [7, 11) is 0. The van der Waals surface area contributed by atoms with E-state index in [9.17, 15) is 14.4 Å². The van der Waals surface area contributed by atoms with Gasteiger partial charge in [0, 0.05) is 16.9 Å². The van der Waals surface area contributed by atoms with Gasteiger partial charge in [0.2, 0.25) is 0 Å². The maximum Gasteiger partial charge on any atom is 0.417 e. The van der Waals surface area contributed by atoms with E-state index in [1.165, 1.54) is 6.20 Å². The lowest BCUT2D eigenvalue weighted by Crippen LogP contribution is -2.40. The fourth-order valence-electron chi connectivity index (χ4n) is 2.44. The number of benzene rings is 1. The highest BCUT2D eigenvalue weighted by Crippen LogP contribution is 2.18. The summed E-state index contributed by atoms with van der Waals surface area (Å²) >= 11 is 3.27. The molecule has 1 aliphatic rings. The molecule has 1 saturated heterocycles. The third-order valence-electron chi connectivity index (χ3n) is 3.68. The molecule has 3 amide bonds. The van der Waals surface area contributed by atoms with Crippen LogP contribution < -0.4 is 5.32 Å². The van der Waals surface area contributed by atoms with Crippen LogP contribution in [-0.2, 0) is 9.53 Å². The predicted molar refractivity (Wildman–Crippen MR) is 91.6 cm³/mol. The van der Waals surface area contributed by atoms with Crippen LogP contribution in [0.25, 0.3) is 0 Å². The van der Waals surface area contributed by atoms with Gasteiger partial charge >= 0.3 is 6.09 Å². The number of amides is 3. The highest BCUT2D eigenvalue weighted by molar-refractivity contribution is 9.10. The number of imide groups is 1. The van der Waals surface area contributed by atoms with Crippen LogP contribution in [0.15, 0.2) is 53.3 Å². The minimum Gasteiger partial charge on any atom is -0.439 e. The minimum absolute atomic E-state index is 0.00511. The second-order valence-electron chi connectivity index (χ2n) is 5.39. The van der Waals surface area contributed by atoms with Gasteiger partial charge in [0.05, 0.1) is 18.2 Å². The summed E-state index contributed by atoms with van der Waals surface area (Å²) in [5.74, 6) is -0.785. The number of nitrogens with one attached hydrogen (secondary N) is 1. The fourth-order valence-corrected chi connectivity index (χ4v) is 2.80. The van der Waals surface area contributed by atoms with Crippen LogP contribution in [0, 0.1) is 0 Å². The number of nitrogens with zero attached hydrogens (tertiary/aromatic N) is 2. The molecule has 1 aliphatic heterocycles. The van der Waals surface area contributed by atoms with Crippen LogP contribution in [0.2, 0.25) is 0 Å². The molecule has 1 aromatic carbocycles. The van der Waals surface area contributed by atoms with Crippen molar-refractivity contribution >= 4 is 33.8 Å². The number of carbonyl (C=O) groups excluding carboxylic acids is 3. The van der Waals surface area contributed by atoms with E-state index in [1.54, 1.807) is 12.3 Å². The molecular weight excluding hydrogens is 390 g/mol. The lowest BCUT2D eigenvalue weighted by atomic mass is 10.1. The zero-order chi connectivity index (χ0) is 17.8. The van der Waals surface area contributed by atoms with Crippen LogP contribution in [-0.4, -0.2) is 40.9 Å². The van der Waals surface area contributed by atoms with Gasteiger partial charge in [0.25, 0.3) is 11.8 Å². The number of ether oxygens (including phenoxy) is 1. The fraction of sp³-hybridized carbons (Fsp3) is 0.176. The van der Waals surface area contributed by atoms with E-state index in [0.29, 0.717) is 10.0 Å². The highest BCUT2D eigenvalue weighted by Gasteiger charge is 2.33. The molecule has 128 valence electrons. The normalized spacial score (nSPS) is 15.0. The highest BCUT2D eigenvalue weighted by atomic mass is 79.9. The quantitative estimate of drug-likeness (QED) is 0.826. The van der Waals surface area contributed by atoms with Gasteiger partial charge in [-0.25, -0.2) is 9.69 Å². The summed E-state index contributed by atoms with van der Waals surface area (Å²) < 4.78 is 5.40. The predicted octanol–water partition coefficient (Wildman–Crippen LogP) is 2.29. The number of rotatable bonds is 5. The number of carbonyl (C=O) groups is 3. The summed E-state index contributed by atoms with van der Waals surface area (Å²) in [6.45, 7) is -0.279. The molecule has 0 aliphatic carbocycles. The Morgan fingerprint density at radius 1 is 1.28 bits per heavy atom. The van der Waals surface area contributed by atoms with E-state index in [2.05, 4.69) is 26.2 Å². The van der Waals surface area contributed by atoms with Crippen molar-refractivity contribution in [1.29, 1.82) is 0 Å². The molecule has 25 heavy (non-hydrogen) atoms. The number of halogens is 1. The largest absolute Gasteiger partial charge is 0.439 e. The Bertz CT molecular complexity index is 797. The molecule has 3 rings (SSSR count). The van der Waals surface area contributed by atoms with Crippen molar-refractivity contribution in [3.8, 4) is 0 Å². The minimum atomic E-state index is -0.704. The maximum atomic E-state index is 12.5. The number of aromatic nitrogens is 1. The first-order valence-corrected chi connectivity index (χ1v) is 8.27. The average Bonchev–Trinajstić information content (AvgIpc) is 2.93. The average molecular weight is 404 g/mol. The SMILES string of the molecule is O=C(NC(CN1C(=O)COC1=O)c1ccccc1)c1cncc(Br)c1. The third kappa shape index (κ3) is 4.03. The molecule has 8 heteroatoms. The first-order valence-electron chi connectivity index (χ1n) is 7.48. The first kappa shape index (κ1) is 17.1. The second-order valence-corrected chi connectivity index (χ2v) is 6.30. The van der Waals surface area contributed by atoms with Crippen molar-refractivity contribution in [2.45, 2.75) is 6.04 Å². The number of hydrogen-bond donors (Lipinski definition) is 1. The number of cyclic esters (lactones) is 1. The van der Waals surface area contributed by atoms with E-state index in [4.69, 9.17) is 4.74 Å². The summed E-state index contributed by atoms with van der Waals surface area (Å²) in [5, 5.41) is 2.84. The Balaban J connectivity index is 1.83. The topological polar surface area (TPSA) is 88.6 Å². The number of pyridine rings is 1. The van der Waals surface area contributed by atoms with Gasteiger partial charge in [-0.3, -0.25) is 14.6 Å². The molecule has 0 radical (unpaired) electrons. The summed E-state index contributed by atoms with van der Waals surface area (Å²) in [5.41, 5.74) is 1.14. The lowest BCUT2D eigenvalue weighted by molar-refractivity contribution is -0.126. The summed E-state index contributed by atoms with van der Waals surface area (Å²) in [6, 6.07) is 10.2. The Hall–Kier alpha value is -2.74. The first-order chi connectivity index (χ1) is 12.0. The molecule has 1 fully saturated rings. The second kappa shape index (κ2) is 7.43. The van der Waals surface area contributed by atoms with Crippen molar-refractivity contribution in [2.75, 3.05) is 13.2 Å². The van der Waals surface area contributed by atoms with Crippen LogP contribution in [0.5, 0.6) is 0 Å². The third-order valence-corrected chi connectivity index (χ3v) is 4.11. The zero-order valence-corrected chi connectivity index (χ0v) is 14.6. The van der Waals surface area contributed by atoms with Crippen LogP contribution in [0.4, 0.5) is 4.79 Å². The maximum absolute atomic E-state index is 12.5. The van der Waals surface area contributed by atoms with Crippen molar-refractivity contribution in [3.63, 3.8) is 0 Å². The Morgan fingerprint density at radius 3 is 2.68 bits per heavy atom. The molecule has 7 nitrogen and oxygen atoms in total. The molecule has 0 spiro atoms. The molecule has 2 heterocycles. The Labute approximate surface area is 152 Å². The standard InChI is InChI=1S/C17H14BrN3O4/c18-13-6-12(7-19-8-13)16(23)20-14(11-4-2-1-3-5-11)9-21-15(22)10-25-17(21)24/h1-8,14H,9-10H2,(H,20,23). The van der Waals surface area contributed by atoms with Crippen LogP contribution >= 0.6 is 15.9 Å². The molecule has 1 atom stereocenters. The lowest BCUT2D eigenvalue weighted by Gasteiger charge is -2.22. The van der Waals surface area contributed by atoms with Crippen LogP contribution in [0.1, 0.15) is 22.0 Å². The van der Waals surface area contributed by atoms with Crippen molar-refractivity contribution in [1.82, 2.24) is 15.2 Å².